The van der Waals surface area contributed by atoms with Crippen molar-refractivity contribution in [3.05, 3.63) is 53.1 Å². The molecule has 1 aliphatic carbocycles. The Bertz CT molecular complexity index is 401. The van der Waals surface area contributed by atoms with E-state index in [2.05, 4.69) is 31.2 Å². The molecule has 1 atom stereocenters. The minimum absolute atomic E-state index is 0.208. The lowest BCUT2D eigenvalue weighted by Gasteiger charge is -2.06. The van der Waals surface area contributed by atoms with Crippen molar-refractivity contribution in [3.8, 4) is 0 Å². The molecule has 1 aromatic carbocycles. The van der Waals surface area contributed by atoms with Crippen LogP contribution in [0.3, 0.4) is 0 Å². The Morgan fingerprint density at radius 1 is 1.31 bits per heavy atom. The molecule has 1 heteroatoms. The van der Waals surface area contributed by atoms with Crippen LogP contribution in [0.4, 0.5) is 0 Å². The van der Waals surface area contributed by atoms with Gasteiger partial charge in [-0.1, -0.05) is 42.5 Å². The maximum Gasteiger partial charge on any atom is 0.0755 e. The lowest BCUT2D eigenvalue weighted by molar-refractivity contribution is 0.217. The van der Waals surface area contributed by atoms with Gasteiger partial charge in [0.15, 0.2) is 0 Å². The van der Waals surface area contributed by atoms with Crippen LogP contribution in [0.2, 0.25) is 0 Å². The quantitative estimate of drug-likeness (QED) is 0.798. The van der Waals surface area contributed by atoms with E-state index in [1.807, 2.05) is 18.2 Å². The van der Waals surface area contributed by atoms with Crippen LogP contribution in [0.1, 0.15) is 31.7 Å². The zero-order valence-electron chi connectivity index (χ0n) is 9.69. The first-order valence-electron chi connectivity index (χ1n) is 5.88. The monoisotopic (exact) mass is 214 g/mol. The Balaban J connectivity index is 2.13. The molecule has 1 N–H and O–H groups in total. The van der Waals surface area contributed by atoms with Gasteiger partial charge in [-0.2, -0.15) is 0 Å². The smallest absolute Gasteiger partial charge is 0.0755 e. The Hall–Kier alpha value is -1.34. The van der Waals surface area contributed by atoms with E-state index in [1.54, 1.807) is 0 Å². The van der Waals surface area contributed by atoms with Gasteiger partial charge in [-0.05, 0) is 42.9 Å². The van der Waals surface area contributed by atoms with E-state index in [1.165, 1.54) is 16.7 Å². The molecular weight excluding hydrogens is 196 g/mol. The van der Waals surface area contributed by atoms with Gasteiger partial charge in [0.25, 0.3) is 0 Å². The van der Waals surface area contributed by atoms with E-state index in [0.29, 0.717) is 0 Å². The van der Waals surface area contributed by atoms with Crippen molar-refractivity contribution < 1.29 is 5.11 Å². The van der Waals surface area contributed by atoms with Gasteiger partial charge in [0.1, 0.15) is 0 Å². The van der Waals surface area contributed by atoms with Crippen molar-refractivity contribution >= 4 is 6.08 Å². The molecule has 0 aromatic heterocycles. The Kier molecular flexibility index (Phi) is 3.58. The number of aliphatic hydroxyl groups is 1. The third kappa shape index (κ3) is 2.61. The molecule has 0 heterocycles. The number of benzene rings is 1. The van der Waals surface area contributed by atoms with Gasteiger partial charge in [0, 0.05) is 0 Å². The second-order valence-corrected chi connectivity index (χ2v) is 4.36. The lowest BCUT2D eigenvalue weighted by Crippen LogP contribution is -2.02. The zero-order valence-corrected chi connectivity index (χ0v) is 9.69. The van der Waals surface area contributed by atoms with Gasteiger partial charge < -0.3 is 5.11 Å². The molecule has 0 spiro atoms. The second-order valence-electron chi connectivity index (χ2n) is 4.36. The van der Waals surface area contributed by atoms with Crippen molar-refractivity contribution in [1.29, 1.82) is 0 Å². The molecule has 1 unspecified atom stereocenters. The van der Waals surface area contributed by atoms with E-state index in [4.69, 9.17) is 0 Å². The van der Waals surface area contributed by atoms with Gasteiger partial charge in [0.05, 0.1) is 6.10 Å². The van der Waals surface area contributed by atoms with Crippen LogP contribution in [-0.2, 0) is 0 Å². The summed E-state index contributed by atoms with van der Waals surface area (Å²) in [5.41, 5.74) is 3.64. The van der Waals surface area contributed by atoms with E-state index in [0.717, 1.165) is 19.3 Å². The van der Waals surface area contributed by atoms with E-state index < -0.39 is 0 Å². The van der Waals surface area contributed by atoms with Crippen LogP contribution in [0.15, 0.2) is 47.6 Å². The van der Waals surface area contributed by atoms with Gasteiger partial charge >= 0.3 is 0 Å². The molecule has 1 nitrogen and oxygen atoms in total. The molecule has 0 radical (unpaired) electrons. The molecule has 2 rings (SSSR count). The van der Waals surface area contributed by atoms with Crippen molar-refractivity contribution in [2.75, 3.05) is 0 Å². The van der Waals surface area contributed by atoms with Crippen LogP contribution in [0, 0.1) is 0 Å². The largest absolute Gasteiger partial charge is 0.389 e. The summed E-state index contributed by atoms with van der Waals surface area (Å²) in [6.45, 7) is 2.09. The van der Waals surface area contributed by atoms with Gasteiger partial charge in [-0.15, -0.1) is 0 Å². The summed E-state index contributed by atoms with van der Waals surface area (Å²) in [6.07, 6.45) is 7.10. The number of allylic oxidation sites excluding steroid dienone is 2. The highest BCUT2D eigenvalue weighted by Crippen LogP contribution is 2.28. The fourth-order valence-corrected chi connectivity index (χ4v) is 2.18. The predicted octanol–water partition coefficient (Wildman–Crippen LogP) is 3.56. The molecule has 1 aromatic rings. The SMILES string of the molecule is CC(/C=C/c1ccccc1)=C1/CCCC1O. The summed E-state index contributed by atoms with van der Waals surface area (Å²) >= 11 is 0. The van der Waals surface area contributed by atoms with Gasteiger partial charge in [-0.25, -0.2) is 0 Å². The first kappa shape index (κ1) is 11.2. The summed E-state index contributed by atoms with van der Waals surface area (Å²) in [4.78, 5) is 0. The first-order chi connectivity index (χ1) is 7.77. The van der Waals surface area contributed by atoms with E-state index >= 15 is 0 Å². The summed E-state index contributed by atoms with van der Waals surface area (Å²) in [6, 6.07) is 10.3. The normalized spacial score (nSPS) is 24.0. The number of rotatable bonds is 2. The molecule has 1 aliphatic rings. The maximum absolute atomic E-state index is 9.76. The average molecular weight is 214 g/mol. The standard InChI is InChI=1S/C15H18O/c1-12(14-8-5-9-15(14)16)10-11-13-6-3-2-4-7-13/h2-4,6-7,10-11,15-16H,5,8-9H2,1H3/b11-10+,14-12+. The van der Waals surface area contributed by atoms with Crippen molar-refractivity contribution in [2.24, 2.45) is 0 Å². The molecule has 84 valence electrons. The molecule has 16 heavy (non-hydrogen) atoms. The minimum Gasteiger partial charge on any atom is -0.389 e. The van der Waals surface area contributed by atoms with Crippen LogP contribution >= 0.6 is 0 Å². The van der Waals surface area contributed by atoms with Crippen LogP contribution in [0.25, 0.3) is 6.08 Å². The number of hydrogen-bond donors (Lipinski definition) is 1. The fourth-order valence-electron chi connectivity index (χ4n) is 2.18. The van der Waals surface area contributed by atoms with Crippen molar-refractivity contribution in [1.82, 2.24) is 0 Å². The highest BCUT2D eigenvalue weighted by molar-refractivity contribution is 5.53. The topological polar surface area (TPSA) is 20.2 Å². The Morgan fingerprint density at radius 2 is 2.06 bits per heavy atom. The minimum atomic E-state index is -0.208. The predicted molar refractivity (Wildman–Crippen MR) is 68.0 cm³/mol. The second kappa shape index (κ2) is 5.13. The summed E-state index contributed by atoms with van der Waals surface area (Å²) in [5.74, 6) is 0. The molecule has 0 saturated heterocycles. The first-order valence-corrected chi connectivity index (χ1v) is 5.88. The van der Waals surface area contributed by atoms with Crippen molar-refractivity contribution in [3.63, 3.8) is 0 Å². The van der Waals surface area contributed by atoms with E-state index in [9.17, 15) is 5.11 Å². The number of hydrogen-bond acceptors (Lipinski definition) is 1. The lowest BCUT2D eigenvalue weighted by atomic mass is 10.1. The van der Waals surface area contributed by atoms with Crippen LogP contribution in [0.5, 0.6) is 0 Å². The third-order valence-corrected chi connectivity index (χ3v) is 3.16. The van der Waals surface area contributed by atoms with Crippen LogP contribution in [-0.4, -0.2) is 11.2 Å². The molecule has 0 amide bonds. The Labute approximate surface area is 97.1 Å². The highest BCUT2D eigenvalue weighted by Gasteiger charge is 2.18. The zero-order chi connectivity index (χ0) is 11.4. The molecular formula is C15H18O. The average Bonchev–Trinajstić information content (AvgIpc) is 2.74. The molecule has 0 bridgehead atoms. The van der Waals surface area contributed by atoms with Crippen molar-refractivity contribution in [2.45, 2.75) is 32.3 Å². The summed E-state index contributed by atoms with van der Waals surface area (Å²) < 4.78 is 0. The van der Waals surface area contributed by atoms with Crippen LogP contribution < -0.4 is 0 Å². The summed E-state index contributed by atoms with van der Waals surface area (Å²) in [5, 5.41) is 9.76. The highest BCUT2D eigenvalue weighted by atomic mass is 16.3. The molecule has 1 saturated carbocycles. The molecule has 0 aliphatic heterocycles. The third-order valence-electron chi connectivity index (χ3n) is 3.16. The summed E-state index contributed by atoms with van der Waals surface area (Å²) in [7, 11) is 0. The number of aliphatic hydroxyl groups excluding tert-OH is 1. The fraction of sp³-hybridized carbons (Fsp3) is 0.333. The maximum atomic E-state index is 9.76. The van der Waals surface area contributed by atoms with Gasteiger partial charge in [-0.3, -0.25) is 0 Å². The van der Waals surface area contributed by atoms with E-state index in [-0.39, 0.29) is 6.10 Å². The Morgan fingerprint density at radius 3 is 2.69 bits per heavy atom. The molecule has 1 fully saturated rings. The van der Waals surface area contributed by atoms with Gasteiger partial charge in [0.2, 0.25) is 0 Å².